The highest BCUT2D eigenvalue weighted by atomic mass is 16.1. The SMILES string of the molecule is CN1CCCC2CN(c3nc(C(N)=O)ccc3N)CCC21. The second-order valence-corrected chi connectivity index (χ2v) is 6.16. The zero-order chi connectivity index (χ0) is 15.0. The summed E-state index contributed by atoms with van der Waals surface area (Å²) in [6.07, 6.45) is 3.61. The van der Waals surface area contributed by atoms with E-state index in [1.54, 1.807) is 12.1 Å². The van der Waals surface area contributed by atoms with Crippen LogP contribution in [-0.2, 0) is 0 Å². The topological polar surface area (TPSA) is 88.5 Å². The number of carbonyl (C=O) groups excluding carboxylic acids is 1. The van der Waals surface area contributed by atoms with Crippen molar-refractivity contribution in [3.8, 4) is 0 Å². The highest BCUT2D eigenvalue weighted by molar-refractivity contribution is 5.91. The lowest BCUT2D eigenvalue weighted by Gasteiger charge is -2.46. The summed E-state index contributed by atoms with van der Waals surface area (Å²) in [5.74, 6) is 0.845. The minimum absolute atomic E-state index is 0.280. The Hall–Kier alpha value is -1.82. The van der Waals surface area contributed by atoms with E-state index in [0.717, 1.165) is 19.5 Å². The fraction of sp³-hybridized carbons (Fsp3) is 0.600. The molecule has 2 fully saturated rings. The van der Waals surface area contributed by atoms with Gasteiger partial charge in [-0.3, -0.25) is 4.79 Å². The van der Waals surface area contributed by atoms with E-state index in [4.69, 9.17) is 11.5 Å². The molecule has 4 N–H and O–H groups in total. The molecule has 2 aliphatic rings. The Balaban J connectivity index is 1.82. The summed E-state index contributed by atoms with van der Waals surface area (Å²) in [6.45, 7) is 3.07. The number of pyridine rings is 1. The van der Waals surface area contributed by atoms with Gasteiger partial charge < -0.3 is 21.3 Å². The number of anilines is 2. The van der Waals surface area contributed by atoms with Crippen molar-refractivity contribution in [3.05, 3.63) is 17.8 Å². The number of nitrogen functional groups attached to an aromatic ring is 1. The summed E-state index contributed by atoms with van der Waals surface area (Å²) in [4.78, 5) is 20.4. The first-order valence-corrected chi connectivity index (χ1v) is 7.58. The maximum atomic E-state index is 11.3. The second-order valence-electron chi connectivity index (χ2n) is 6.16. The van der Waals surface area contributed by atoms with Crippen LogP contribution in [0.25, 0.3) is 0 Å². The highest BCUT2D eigenvalue weighted by Crippen LogP contribution is 2.33. The molecule has 0 bridgehead atoms. The average Bonchev–Trinajstić information content (AvgIpc) is 2.47. The third kappa shape index (κ3) is 2.68. The molecule has 6 nitrogen and oxygen atoms in total. The van der Waals surface area contributed by atoms with Crippen molar-refractivity contribution in [2.24, 2.45) is 11.7 Å². The third-order valence-electron chi connectivity index (χ3n) is 4.80. The molecule has 2 atom stereocenters. The molecule has 21 heavy (non-hydrogen) atoms. The van der Waals surface area contributed by atoms with Gasteiger partial charge in [0.25, 0.3) is 5.91 Å². The summed E-state index contributed by atoms with van der Waals surface area (Å²) < 4.78 is 0. The monoisotopic (exact) mass is 289 g/mol. The van der Waals surface area contributed by atoms with Gasteiger partial charge in [0.2, 0.25) is 0 Å². The van der Waals surface area contributed by atoms with Crippen molar-refractivity contribution < 1.29 is 4.79 Å². The van der Waals surface area contributed by atoms with Gasteiger partial charge in [0.1, 0.15) is 5.69 Å². The van der Waals surface area contributed by atoms with Crippen molar-refractivity contribution in [2.45, 2.75) is 25.3 Å². The molecule has 2 aliphatic heterocycles. The summed E-state index contributed by atoms with van der Waals surface area (Å²) in [5.41, 5.74) is 12.3. The molecule has 114 valence electrons. The van der Waals surface area contributed by atoms with Crippen LogP contribution in [0.1, 0.15) is 29.8 Å². The lowest BCUT2D eigenvalue weighted by atomic mass is 9.84. The van der Waals surface area contributed by atoms with Gasteiger partial charge in [0.15, 0.2) is 5.82 Å². The number of fused-ring (bicyclic) bond motifs is 1. The van der Waals surface area contributed by atoms with E-state index in [-0.39, 0.29) is 5.69 Å². The quantitative estimate of drug-likeness (QED) is 0.836. The molecule has 2 unspecified atom stereocenters. The lowest BCUT2D eigenvalue weighted by Crippen LogP contribution is -2.53. The Morgan fingerprint density at radius 3 is 2.90 bits per heavy atom. The zero-order valence-corrected chi connectivity index (χ0v) is 12.5. The van der Waals surface area contributed by atoms with Crippen LogP contribution in [0, 0.1) is 5.92 Å². The average molecular weight is 289 g/mol. The van der Waals surface area contributed by atoms with Gasteiger partial charge >= 0.3 is 0 Å². The predicted molar refractivity (Wildman–Crippen MR) is 83.1 cm³/mol. The van der Waals surface area contributed by atoms with Crippen molar-refractivity contribution in [1.29, 1.82) is 0 Å². The van der Waals surface area contributed by atoms with E-state index in [1.165, 1.54) is 19.4 Å². The first-order valence-electron chi connectivity index (χ1n) is 7.58. The van der Waals surface area contributed by atoms with Crippen LogP contribution in [0.2, 0.25) is 0 Å². The number of nitrogens with zero attached hydrogens (tertiary/aromatic N) is 3. The number of carbonyl (C=O) groups is 1. The van der Waals surface area contributed by atoms with Gasteiger partial charge in [-0.15, -0.1) is 0 Å². The molecule has 1 aromatic rings. The molecule has 3 rings (SSSR count). The number of rotatable bonds is 2. The predicted octanol–water partition coefficient (Wildman–Crippen LogP) is 0.683. The van der Waals surface area contributed by atoms with Crippen LogP contribution >= 0.6 is 0 Å². The minimum Gasteiger partial charge on any atom is -0.396 e. The van der Waals surface area contributed by atoms with Gasteiger partial charge in [-0.1, -0.05) is 0 Å². The Bertz CT molecular complexity index is 547. The number of aromatic nitrogens is 1. The molecular weight excluding hydrogens is 266 g/mol. The minimum atomic E-state index is -0.511. The number of hydrogen-bond acceptors (Lipinski definition) is 5. The largest absolute Gasteiger partial charge is 0.396 e. The number of likely N-dealkylation sites (tertiary alicyclic amines) is 1. The number of amides is 1. The molecule has 0 aliphatic carbocycles. The van der Waals surface area contributed by atoms with E-state index < -0.39 is 5.91 Å². The molecule has 0 spiro atoms. The fourth-order valence-electron chi connectivity index (χ4n) is 3.69. The molecule has 1 aromatic heterocycles. The number of nitrogens with two attached hydrogens (primary N) is 2. The van der Waals surface area contributed by atoms with E-state index in [0.29, 0.717) is 23.5 Å². The Labute approximate surface area is 125 Å². The number of hydrogen-bond donors (Lipinski definition) is 2. The summed E-state index contributed by atoms with van der Waals surface area (Å²) in [6, 6.07) is 3.97. The standard InChI is InChI=1S/C15H23N5O/c1-19-7-2-3-10-9-20(8-6-13(10)19)15-11(16)4-5-12(18-15)14(17)21/h4-5,10,13H,2-3,6-9,16H2,1H3,(H2,17,21). The number of primary amides is 1. The number of piperidine rings is 2. The maximum Gasteiger partial charge on any atom is 0.267 e. The van der Waals surface area contributed by atoms with Crippen molar-refractivity contribution in [3.63, 3.8) is 0 Å². The maximum absolute atomic E-state index is 11.3. The lowest BCUT2D eigenvalue weighted by molar-refractivity contribution is 0.0993. The Kier molecular flexibility index (Phi) is 3.71. The van der Waals surface area contributed by atoms with Gasteiger partial charge in [0.05, 0.1) is 5.69 Å². The molecule has 3 heterocycles. The van der Waals surface area contributed by atoms with Crippen molar-refractivity contribution in [2.75, 3.05) is 37.3 Å². The molecule has 6 heteroatoms. The van der Waals surface area contributed by atoms with Gasteiger partial charge in [0, 0.05) is 19.1 Å². The van der Waals surface area contributed by atoms with Gasteiger partial charge in [-0.05, 0) is 50.9 Å². The molecular formula is C15H23N5O. The van der Waals surface area contributed by atoms with E-state index in [2.05, 4.69) is 21.8 Å². The summed E-state index contributed by atoms with van der Waals surface area (Å²) >= 11 is 0. The van der Waals surface area contributed by atoms with Crippen LogP contribution in [0.5, 0.6) is 0 Å². The molecule has 0 radical (unpaired) electrons. The van der Waals surface area contributed by atoms with Crippen molar-refractivity contribution in [1.82, 2.24) is 9.88 Å². The van der Waals surface area contributed by atoms with Gasteiger partial charge in [-0.25, -0.2) is 4.98 Å². The first kappa shape index (κ1) is 14.1. The molecule has 2 saturated heterocycles. The van der Waals surface area contributed by atoms with Gasteiger partial charge in [-0.2, -0.15) is 0 Å². The normalized spacial score (nSPS) is 26.4. The molecule has 0 saturated carbocycles. The van der Waals surface area contributed by atoms with E-state index in [9.17, 15) is 4.79 Å². The van der Waals surface area contributed by atoms with Crippen LogP contribution in [0.15, 0.2) is 12.1 Å². The van der Waals surface area contributed by atoms with E-state index >= 15 is 0 Å². The Morgan fingerprint density at radius 1 is 1.33 bits per heavy atom. The first-order chi connectivity index (χ1) is 10.1. The smallest absolute Gasteiger partial charge is 0.267 e. The highest BCUT2D eigenvalue weighted by Gasteiger charge is 2.35. The fourth-order valence-corrected chi connectivity index (χ4v) is 3.69. The second kappa shape index (κ2) is 5.52. The summed E-state index contributed by atoms with van der Waals surface area (Å²) in [7, 11) is 2.22. The van der Waals surface area contributed by atoms with Crippen molar-refractivity contribution >= 4 is 17.4 Å². The van der Waals surface area contributed by atoms with E-state index in [1.807, 2.05) is 0 Å². The Morgan fingerprint density at radius 2 is 2.14 bits per heavy atom. The van der Waals surface area contributed by atoms with Crippen LogP contribution in [0.3, 0.4) is 0 Å². The third-order valence-corrected chi connectivity index (χ3v) is 4.80. The van der Waals surface area contributed by atoms with Crippen LogP contribution < -0.4 is 16.4 Å². The molecule has 0 aromatic carbocycles. The van der Waals surface area contributed by atoms with Crippen LogP contribution in [-0.4, -0.2) is 48.5 Å². The summed E-state index contributed by atoms with van der Waals surface area (Å²) in [5, 5.41) is 0. The van der Waals surface area contributed by atoms with Crippen LogP contribution in [0.4, 0.5) is 11.5 Å². The molecule has 1 amide bonds. The zero-order valence-electron chi connectivity index (χ0n) is 12.5.